The normalized spacial score (nSPS) is 13.5. The lowest BCUT2D eigenvalue weighted by molar-refractivity contribution is -0.147. The summed E-state index contributed by atoms with van der Waals surface area (Å²) in [6, 6.07) is 14.4. The monoisotopic (exact) mass is 466 g/mol. The van der Waals surface area contributed by atoms with Crippen LogP contribution < -0.4 is 5.32 Å². The molecular formula is C24H23ClN4O4. The van der Waals surface area contributed by atoms with Gasteiger partial charge in [0, 0.05) is 10.6 Å². The number of benzene rings is 2. The Morgan fingerprint density at radius 1 is 1.24 bits per heavy atom. The highest BCUT2D eigenvalue weighted by molar-refractivity contribution is 6.30. The number of fused-ring (bicyclic) bond motifs is 1. The third-order valence-electron chi connectivity index (χ3n) is 5.24. The number of carbonyl (C=O) groups is 2. The van der Waals surface area contributed by atoms with Crippen molar-refractivity contribution in [2.75, 3.05) is 6.61 Å². The average molecular weight is 467 g/mol. The molecule has 3 rings (SSSR count). The molecule has 0 fully saturated rings. The Bertz CT molecular complexity index is 1190. The second-order valence-electron chi connectivity index (χ2n) is 7.49. The molecule has 1 heterocycles. The number of allylic oxidation sites excluding steroid dienone is 1. The molecule has 0 saturated heterocycles. The zero-order valence-corrected chi connectivity index (χ0v) is 18.9. The number of aromatic nitrogens is 2. The Morgan fingerprint density at radius 3 is 2.58 bits per heavy atom. The molecule has 2 atom stereocenters. The van der Waals surface area contributed by atoms with Crippen LogP contribution in [-0.4, -0.2) is 39.6 Å². The van der Waals surface area contributed by atoms with Crippen molar-refractivity contribution in [1.82, 2.24) is 15.3 Å². The van der Waals surface area contributed by atoms with Crippen LogP contribution in [0.2, 0.25) is 5.02 Å². The number of esters is 1. The predicted octanol–water partition coefficient (Wildman–Crippen LogP) is 4.40. The van der Waals surface area contributed by atoms with Crippen LogP contribution in [0.15, 0.2) is 54.3 Å². The van der Waals surface area contributed by atoms with E-state index in [2.05, 4.69) is 15.3 Å². The van der Waals surface area contributed by atoms with E-state index in [-0.39, 0.29) is 17.3 Å². The first-order chi connectivity index (χ1) is 15.8. The number of hydrogen-bond acceptors (Lipinski definition) is 6. The van der Waals surface area contributed by atoms with Gasteiger partial charge in [0.25, 0.3) is 5.91 Å². The fraction of sp³-hybridized carbons (Fsp3) is 0.250. The number of nitrogens with one attached hydrogen (secondary N) is 2. The zero-order chi connectivity index (χ0) is 24.0. The number of hydrogen-bond donors (Lipinski definition) is 3. The first-order valence-electron chi connectivity index (χ1n) is 10.3. The number of amides is 1. The van der Waals surface area contributed by atoms with Crippen molar-refractivity contribution >= 4 is 40.1 Å². The molecule has 0 saturated carbocycles. The first-order valence-corrected chi connectivity index (χ1v) is 10.7. The van der Waals surface area contributed by atoms with Crippen LogP contribution in [0.1, 0.15) is 36.5 Å². The summed E-state index contributed by atoms with van der Waals surface area (Å²) in [5, 5.41) is 23.1. The molecule has 1 aromatic heterocycles. The van der Waals surface area contributed by atoms with Gasteiger partial charge in [-0.2, -0.15) is 5.26 Å². The molecule has 0 spiro atoms. The molecule has 0 radical (unpaired) electrons. The topological polar surface area (TPSA) is 128 Å². The second kappa shape index (κ2) is 10.7. The highest BCUT2D eigenvalue weighted by Gasteiger charge is 2.28. The Balaban J connectivity index is 1.73. The van der Waals surface area contributed by atoms with Crippen LogP contribution in [0.4, 0.5) is 0 Å². The molecule has 33 heavy (non-hydrogen) atoms. The van der Waals surface area contributed by atoms with E-state index >= 15 is 0 Å². The Morgan fingerprint density at radius 2 is 1.94 bits per heavy atom. The number of nitriles is 1. The lowest BCUT2D eigenvalue weighted by atomic mass is 9.98. The number of aromatic amines is 1. The summed E-state index contributed by atoms with van der Waals surface area (Å²) in [6.45, 7) is 3.15. The maximum absolute atomic E-state index is 12.8. The quantitative estimate of drug-likeness (QED) is 0.256. The molecule has 3 aromatic rings. The number of H-pyrrole nitrogens is 1. The summed E-state index contributed by atoms with van der Waals surface area (Å²) in [5.41, 5.74) is 1.54. The summed E-state index contributed by atoms with van der Waals surface area (Å²) >= 11 is 5.86. The summed E-state index contributed by atoms with van der Waals surface area (Å²) in [5.74, 6) is -1.68. The van der Waals surface area contributed by atoms with Crippen LogP contribution in [0.5, 0.6) is 0 Å². The van der Waals surface area contributed by atoms with Gasteiger partial charge in [0.05, 0.1) is 11.0 Å². The smallest absolute Gasteiger partial charge is 0.329 e. The molecule has 170 valence electrons. The Hall–Kier alpha value is -3.83. The molecular weight excluding hydrogens is 444 g/mol. The second-order valence-corrected chi connectivity index (χ2v) is 7.92. The molecule has 0 aliphatic carbocycles. The van der Waals surface area contributed by atoms with Gasteiger partial charge < -0.3 is 20.1 Å². The Kier molecular flexibility index (Phi) is 7.70. The van der Waals surface area contributed by atoms with Crippen molar-refractivity contribution in [3.8, 4) is 6.07 Å². The zero-order valence-electron chi connectivity index (χ0n) is 18.1. The van der Waals surface area contributed by atoms with E-state index in [1.54, 1.807) is 49.4 Å². The van der Waals surface area contributed by atoms with Gasteiger partial charge in [-0.1, -0.05) is 44.0 Å². The third-order valence-corrected chi connectivity index (χ3v) is 5.49. The number of nitrogens with zero attached hydrogens (tertiary/aromatic N) is 2. The van der Waals surface area contributed by atoms with Gasteiger partial charge in [0.1, 0.15) is 24.3 Å². The van der Waals surface area contributed by atoms with Crippen LogP contribution in [0.25, 0.3) is 16.6 Å². The van der Waals surface area contributed by atoms with Crippen molar-refractivity contribution in [1.29, 1.82) is 5.26 Å². The van der Waals surface area contributed by atoms with Crippen molar-refractivity contribution in [2.24, 2.45) is 5.92 Å². The molecule has 0 aliphatic rings. The van der Waals surface area contributed by atoms with Gasteiger partial charge in [-0.05, 0) is 42.3 Å². The average Bonchev–Trinajstić information content (AvgIpc) is 3.25. The van der Waals surface area contributed by atoms with Crippen LogP contribution in [-0.2, 0) is 9.53 Å². The van der Waals surface area contributed by atoms with Gasteiger partial charge in [0.15, 0.2) is 11.6 Å². The number of carbonyl (C=O) groups excluding carboxylic acids is 2. The van der Waals surface area contributed by atoms with E-state index < -0.39 is 30.3 Å². The lowest BCUT2D eigenvalue weighted by Crippen LogP contribution is -2.46. The molecule has 8 nitrogen and oxygen atoms in total. The first kappa shape index (κ1) is 23.8. The molecule has 0 unspecified atom stereocenters. The minimum atomic E-state index is -0.942. The number of aliphatic hydroxyl groups excluding tert-OH is 1. The highest BCUT2D eigenvalue weighted by Crippen LogP contribution is 2.19. The predicted molar refractivity (Wildman–Crippen MR) is 124 cm³/mol. The Labute approximate surface area is 195 Å². The standard InChI is InChI=1S/C24H23ClN4O4/c1-3-14(2)21(29-23(31)15-8-10-16(25)11-9-15)24(32)33-13-20(30)17(12-26)22-27-18-6-4-5-7-19(18)28-22/h4-11,14,21,30H,3,13H2,1-2H3,(H,27,28)(H,29,31)/b20-17-/t14-,21-/m0/s1. The third kappa shape index (κ3) is 5.70. The minimum absolute atomic E-state index is 0.135. The van der Waals surface area contributed by atoms with E-state index in [0.717, 1.165) is 0 Å². The number of imidazole rings is 1. The number of para-hydroxylation sites is 2. The lowest BCUT2D eigenvalue weighted by Gasteiger charge is -2.22. The number of aliphatic hydroxyl groups is 1. The SMILES string of the molecule is CC[C@H](C)[C@H](NC(=O)c1ccc(Cl)cc1)C(=O)OC/C(O)=C(\C#N)c1nc2ccccc2[nH]1. The number of halogens is 1. The van der Waals surface area contributed by atoms with Crippen molar-refractivity contribution in [3.05, 3.63) is 70.7 Å². The van der Waals surface area contributed by atoms with Crippen molar-refractivity contribution in [2.45, 2.75) is 26.3 Å². The van der Waals surface area contributed by atoms with Crippen molar-refractivity contribution < 1.29 is 19.4 Å². The largest absolute Gasteiger partial charge is 0.507 e. The van der Waals surface area contributed by atoms with Gasteiger partial charge in [-0.15, -0.1) is 0 Å². The highest BCUT2D eigenvalue weighted by atomic mass is 35.5. The summed E-state index contributed by atoms with van der Waals surface area (Å²) < 4.78 is 5.25. The minimum Gasteiger partial charge on any atom is -0.507 e. The van der Waals surface area contributed by atoms with Crippen molar-refractivity contribution in [3.63, 3.8) is 0 Å². The van der Waals surface area contributed by atoms with E-state index in [1.807, 2.05) is 19.1 Å². The molecule has 0 aliphatic heterocycles. The van der Waals surface area contributed by atoms with Gasteiger partial charge in [-0.25, -0.2) is 9.78 Å². The van der Waals surface area contributed by atoms with E-state index in [4.69, 9.17) is 16.3 Å². The van der Waals surface area contributed by atoms with Crippen LogP contribution in [0, 0.1) is 17.2 Å². The number of ether oxygens (including phenoxy) is 1. The fourth-order valence-corrected chi connectivity index (χ4v) is 3.25. The van der Waals surface area contributed by atoms with Gasteiger partial charge in [-0.3, -0.25) is 4.79 Å². The summed E-state index contributed by atoms with van der Waals surface area (Å²) in [7, 11) is 0. The van der Waals surface area contributed by atoms with E-state index in [0.29, 0.717) is 28.0 Å². The summed E-state index contributed by atoms with van der Waals surface area (Å²) in [4.78, 5) is 32.6. The summed E-state index contributed by atoms with van der Waals surface area (Å²) in [6.07, 6.45) is 0.602. The number of rotatable bonds is 8. The van der Waals surface area contributed by atoms with Crippen LogP contribution >= 0.6 is 11.6 Å². The maximum atomic E-state index is 12.8. The molecule has 1 amide bonds. The molecule has 3 N–H and O–H groups in total. The van der Waals surface area contributed by atoms with E-state index in [1.165, 1.54) is 0 Å². The fourth-order valence-electron chi connectivity index (χ4n) is 3.12. The van der Waals surface area contributed by atoms with Gasteiger partial charge in [0.2, 0.25) is 0 Å². The van der Waals surface area contributed by atoms with Gasteiger partial charge >= 0.3 is 5.97 Å². The van der Waals surface area contributed by atoms with Crippen LogP contribution in [0.3, 0.4) is 0 Å². The van der Waals surface area contributed by atoms with E-state index in [9.17, 15) is 20.0 Å². The molecule has 0 bridgehead atoms. The maximum Gasteiger partial charge on any atom is 0.329 e. The molecule has 2 aromatic carbocycles. The molecule has 9 heteroatoms.